The molecule has 2 N–H and O–H groups in total. The van der Waals surface area contributed by atoms with Gasteiger partial charge in [-0.2, -0.15) is 0 Å². The molecule has 0 aliphatic rings. The average Bonchev–Trinajstić information content (AvgIpc) is 2.79. The van der Waals surface area contributed by atoms with Gasteiger partial charge in [0.25, 0.3) is 11.8 Å². The summed E-state index contributed by atoms with van der Waals surface area (Å²) in [5.41, 5.74) is 6.24. The van der Waals surface area contributed by atoms with E-state index in [9.17, 15) is 19.8 Å². The Morgan fingerprint density at radius 1 is 0.703 bits per heavy atom. The number of phenols is 2. The Morgan fingerprint density at radius 3 is 1.41 bits per heavy atom. The molecule has 6 nitrogen and oxygen atoms in total. The van der Waals surface area contributed by atoms with Crippen LogP contribution in [0.3, 0.4) is 0 Å². The van der Waals surface area contributed by atoms with Crippen LogP contribution in [0.25, 0.3) is 16.7 Å². The Bertz CT molecular complexity index is 1260. The molecule has 0 unspecified atom stereocenters. The van der Waals surface area contributed by atoms with E-state index < -0.39 is 11.8 Å². The smallest absolute Gasteiger partial charge is 0.265 e. The van der Waals surface area contributed by atoms with Gasteiger partial charge in [-0.05, 0) is 85.1 Å². The highest BCUT2D eigenvalue weighted by Gasteiger charge is 2.22. The largest absolute Gasteiger partial charge is 0.507 e. The van der Waals surface area contributed by atoms with Gasteiger partial charge < -0.3 is 10.2 Å². The standard InChI is InChI=1S/C31H38N2O4/c1-18(2)23-14-21(15-24(19(3)4)29(23)36)10-12-27(34)32-33-28(35)13-11-22-16-25(20(5)6)30(37)26(17-22)31(7,8)9/h14-17,36-37H,1,3,5,10-13H2,2,4,6-9H3. The molecule has 0 heterocycles. The molecule has 2 rings (SSSR count). The number of aromatic hydroxyl groups is 2. The first-order valence-electron chi connectivity index (χ1n) is 12.3. The Labute approximate surface area is 220 Å². The minimum atomic E-state index is -0.501. The zero-order chi connectivity index (χ0) is 28.1. The molecule has 0 fully saturated rings. The molecule has 2 aromatic rings. The molecule has 0 bridgehead atoms. The normalized spacial score (nSPS) is 11.5. The molecule has 0 radical (unpaired) electrons. The second kappa shape index (κ2) is 12.0. The number of nitrogens with zero attached hydrogens (tertiary/aromatic N) is 2. The minimum Gasteiger partial charge on any atom is -0.507 e. The molecule has 2 amide bonds. The van der Waals surface area contributed by atoms with Gasteiger partial charge in [-0.15, -0.1) is 10.2 Å². The molecule has 0 spiro atoms. The summed E-state index contributed by atoms with van der Waals surface area (Å²) in [4.78, 5) is 24.6. The summed E-state index contributed by atoms with van der Waals surface area (Å²) in [6, 6.07) is 7.32. The van der Waals surface area contributed by atoms with Crippen LogP contribution in [0.15, 0.2) is 54.2 Å². The van der Waals surface area contributed by atoms with Gasteiger partial charge in [0.15, 0.2) is 0 Å². The van der Waals surface area contributed by atoms with Crippen LogP contribution < -0.4 is 0 Å². The molecule has 6 heteroatoms. The molecule has 37 heavy (non-hydrogen) atoms. The Morgan fingerprint density at radius 2 is 1.05 bits per heavy atom. The van der Waals surface area contributed by atoms with Crippen molar-refractivity contribution in [2.24, 2.45) is 10.2 Å². The number of azo groups is 1. The van der Waals surface area contributed by atoms with Crippen molar-refractivity contribution in [3.05, 3.63) is 77.4 Å². The molecule has 0 aliphatic carbocycles. The van der Waals surface area contributed by atoms with E-state index in [1.807, 2.05) is 39.8 Å². The van der Waals surface area contributed by atoms with Crippen molar-refractivity contribution in [2.75, 3.05) is 0 Å². The summed E-state index contributed by atoms with van der Waals surface area (Å²) in [6.07, 6.45) is 0.931. The molecule has 0 aromatic heterocycles. The van der Waals surface area contributed by atoms with Gasteiger partial charge in [-0.3, -0.25) is 9.59 Å². The number of phenolic OH excluding ortho intramolecular Hbond substituents is 2. The molecule has 0 atom stereocenters. The summed E-state index contributed by atoms with van der Waals surface area (Å²) in [5, 5.41) is 28.3. The first kappa shape index (κ1) is 29.4. The Balaban J connectivity index is 2.05. The van der Waals surface area contributed by atoms with Crippen LogP contribution in [-0.2, 0) is 27.8 Å². The number of aryl methyl sites for hydroxylation is 2. The quantitative estimate of drug-likeness (QED) is 0.345. The number of allylic oxidation sites excluding steroid dienone is 3. The third kappa shape index (κ3) is 7.84. The lowest BCUT2D eigenvalue weighted by Crippen LogP contribution is -2.13. The number of amides is 2. The monoisotopic (exact) mass is 502 g/mol. The van der Waals surface area contributed by atoms with Gasteiger partial charge in [0.05, 0.1) is 0 Å². The average molecular weight is 503 g/mol. The molecule has 0 saturated carbocycles. The fourth-order valence-corrected chi connectivity index (χ4v) is 3.94. The molecule has 0 aliphatic heterocycles. The van der Waals surface area contributed by atoms with Crippen LogP contribution in [0.5, 0.6) is 11.5 Å². The van der Waals surface area contributed by atoms with Gasteiger partial charge in [0.2, 0.25) is 0 Å². The predicted octanol–water partition coefficient (Wildman–Crippen LogP) is 7.57. The van der Waals surface area contributed by atoms with E-state index >= 15 is 0 Å². The van der Waals surface area contributed by atoms with Crippen molar-refractivity contribution in [3.8, 4) is 11.5 Å². The highest BCUT2D eigenvalue weighted by molar-refractivity contribution is 5.82. The maximum absolute atomic E-state index is 12.3. The second-order valence-electron chi connectivity index (χ2n) is 10.7. The number of rotatable bonds is 9. The minimum absolute atomic E-state index is 0.0711. The van der Waals surface area contributed by atoms with Crippen molar-refractivity contribution >= 4 is 28.5 Å². The SMILES string of the molecule is C=C(C)c1cc(CCC(=O)N=NC(=O)CCc2cc(C(=C)C)c(O)c(C(C)(C)C)c2)cc(C(=C)C)c1O. The van der Waals surface area contributed by atoms with E-state index in [2.05, 4.69) is 30.0 Å². The van der Waals surface area contributed by atoms with Gasteiger partial charge in [-0.1, -0.05) is 46.6 Å². The van der Waals surface area contributed by atoms with Gasteiger partial charge in [0, 0.05) is 35.1 Å². The fourth-order valence-electron chi connectivity index (χ4n) is 3.94. The lowest BCUT2D eigenvalue weighted by molar-refractivity contribution is -0.122. The zero-order valence-electron chi connectivity index (χ0n) is 22.9. The van der Waals surface area contributed by atoms with E-state index in [0.29, 0.717) is 40.7 Å². The van der Waals surface area contributed by atoms with Crippen LogP contribution >= 0.6 is 0 Å². The van der Waals surface area contributed by atoms with Crippen LogP contribution in [-0.4, -0.2) is 22.0 Å². The van der Waals surface area contributed by atoms with E-state index in [0.717, 1.165) is 22.3 Å². The molecular formula is C31H38N2O4. The van der Waals surface area contributed by atoms with Crippen LogP contribution in [0.2, 0.25) is 0 Å². The summed E-state index contributed by atoms with van der Waals surface area (Å²) in [5.74, 6) is -0.660. The molecular weight excluding hydrogens is 464 g/mol. The molecule has 2 aromatic carbocycles. The summed E-state index contributed by atoms with van der Waals surface area (Å²) < 4.78 is 0. The first-order chi connectivity index (χ1) is 17.1. The molecule has 0 saturated heterocycles. The van der Waals surface area contributed by atoms with Crippen molar-refractivity contribution in [1.29, 1.82) is 0 Å². The van der Waals surface area contributed by atoms with Crippen molar-refractivity contribution in [2.45, 2.75) is 72.6 Å². The van der Waals surface area contributed by atoms with E-state index in [1.54, 1.807) is 26.0 Å². The summed E-state index contributed by atoms with van der Waals surface area (Å²) >= 11 is 0. The Hall–Kier alpha value is -3.80. The molecule has 196 valence electrons. The zero-order valence-corrected chi connectivity index (χ0v) is 22.9. The van der Waals surface area contributed by atoms with E-state index in [4.69, 9.17) is 0 Å². The van der Waals surface area contributed by atoms with Crippen LogP contribution in [0, 0.1) is 0 Å². The lowest BCUT2D eigenvalue weighted by Gasteiger charge is -2.23. The third-order valence-corrected chi connectivity index (χ3v) is 6.05. The Kier molecular flexibility index (Phi) is 9.51. The second-order valence-corrected chi connectivity index (χ2v) is 10.7. The lowest BCUT2D eigenvalue weighted by atomic mass is 9.82. The van der Waals surface area contributed by atoms with Crippen LogP contribution in [0.1, 0.15) is 87.8 Å². The first-order valence-corrected chi connectivity index (χ1v) is 12.3. The van der Waals surface area contributed by atoms with Crippen molar-refractivity contribution in [3.63, 3.8) is 0 Å². The number of carbonyl (C=O) groups excluding carboxylic acids is 2. The van der Waals surface area contributed by atoms with Gasteiger partial charge in [0.1, 0.15) is 11.5 Å². The number of benzene rings is 2. The number of carbonyl (C=O) groups is 2. The maximum atomic E-state index is 12.3. The van der Waals surface area contributed by atoms with Crippen LogP contribution in [0.4, 0.5) is 0 Å². The topological polar surface area (TPSA) is 99.3 Å². The fraction of sp³-hybridized carbons (Fsp3) is 0.355. The van der Waals surface area contributed by atoms with Gasteiger partial charge >= 0.3 is 0 Å². The van der Waals surface area contributed by atoms with Gasteiger partial charge in [-0.25, -0.2) is 0 Å². The van der Waals surface area contributed by atoms with Crippen molar-refractivity contribution in [1.82, 2.24) is 0 Å². The predicted molar refractivity (Wildman–Crippen MR) is 151 cm³/mol. The highest BCUT2D eigenvalue weighted by atomic mass is 16.3. The summed E-state index contributed by atoms with van der Waals surface area (Å²) in [6.45, 7) is 23.2. The maximum Gasteiger partial charge on any atom is 0.265 e. The third-order valence-electron chi connectivity index (χ3n) is 6.05. The van der Waals surface area contributed by atoms with E-state index in [1.165, 1.54) is 0 Å². The van der Waals surface area contributed by atoms with E-state index in [-0.39, 0.29) is 29.8 Å². The summed E-state index contributed by atoms with van der Waals surface area (Å²) in [7, 11) is 0. The highest BCUT2D eigenvalue weighted by Crippen LogP contribution is 2.37. The number of hydrogen-bond acceptors (Lipinski definition) is 4. The van der Waals surface area contributed by atoms with Crippen molar-refractivity contribution < 1.29 is 19.8 Å². The number of hydrogen-bond donors (Lipinski definition) is 2.